The van der Waals surface area contributed by atoms with Gasteiger partial charge in [-0.3, -0.25) is 0 Å². The minimum Gasteiger partial charge on any atom is -0.371 e. The van der Waals surface area contributed by atoms with E-state index < -0.39 is 0 Å². The Morgan fingerprint density at radius 1 is 1.35 bits per heavy atom. The van der Waals surface area contributed by atoms with Gasteiger partial charge in [0, 0.05) is 24.8 Å². The van der Waals surface area contributed by atoms with Crippen LogP contribution in [0.5, 0.6) is 0 Å². The van der Waals surface area contributed by atoms with Crippen LogP contribution in [0.2, 0.25) is 0 Å². The Kier molecular flexibility index (Phi) is 4.06. The van der Waals surface area contributed by atoms with Crippen LogP contribution >= 0.6 is 0 Å². The highest BCUT2D eigenvalue weighted by atomic mass is 15.1. The molecule has 1 heterocycles. The first kappa shape index (κ1) is 12.4. The van der Waals surface area contributed by atoms with Gasteiger partial charge in [-0.15, -0.1) is 0 Å². The molecule has 0 aromatic heterocycles. The molecule has 17 heavy (non-hydrogen) atoms. The fraction of sp³-hybridized carbons (Fsp3) is 0.600. The second-order valence-corrected chi connectivity index (χ2v) is 4.99. The molecule has 0 amide bonds. The van der Waals surface area contributed by atoms with Gasteiger partial charge in [0.25, 0.3) is 0 Å². The van der Waals surface area contributed by atoms with Crippen molar-refractivity contribution in [2.45, 2.75) is 45.6 Å². The van der Waals surface area contributed by atoms with Crippen LogP contribution in [0.4, 0.5) is 5.69 Å². The number of nitrogens with zero attached hydrogens (tertiary/aromatic N) is 1. The van der Waals surface area contributed by atoms with Crippen LogP contribution in [-0.2, 0) is 6.42 Å². The van der Waals surface area contributed by atoms with Gasteiger partial charge in [0.1, 0.15) is 0 Å². The molecule has 1 aromatic rings. The number of aryl methyl sites for hydroxylation is 1. The van der Waals surface area contributed by atoms with Crippen LogP contribution in [0.1, 0.15) is 50.3 Å². The number of hydrogen-bond donors (Lipinski definition) is 1. The maximum atomic E-state index is 6.13. The first-order valence-corrected chi connectivity index (χ1v) is 6.89. The largest absolute Gasteiger partial charge is 0.371 e. The molecule has 1 unspecified atom stereocenters. The van der Waals surface area contributed by atoms with Crippen LogP contribution in [0.15, 0.2) is 18.2 Å². The molecule has 1 aliphatic rings. The molecule has 0 aliphatic carbocycles. The van der Waals surface area contributed by atoms with Crippen LogP contribution in [0.3, 0.4) is 0 Å². The Balaban J connectivity index is 2.30. The summed E-state index contributed by atoms with van der Waals surface area (Å²) in [5.41, 5.74) is 10.3. The van der Waals surface area contributed by atoms with Gasteiger partial charge < -0.3 is 10.6 Å². The lowest BCUT2D eigenvalue weighted by Gasteiger charge is -2.32. The fourth-order valence-corrected chi connectivity index (χ4v) is 2.64. The van der Waals surface area contributed by atoms with Crippen molar-refractivity contribution in [2.24, 2.45) is 5.73 Å². The van der Waals surface area contributed by atoms with Crippen molar-refractivity contribution in [1.82, 2.24) is 0 Å². The predicted molar refractivity (Wildman–Crippen MR) is 74.5 cm³/mol. The molecule has 2 nitrogen and oxygen atoms in total. The van der Waals surface area contributed by atoms with E-state index in [1.807, 2.05) is 0 Å². The molecule has 0 fully saturated rings. The smallest absolute Gasteiger partial charge is 0.0402 e. The Morgan fingerprint density at radius 2 is 2.18 bits per heavy atom. The molecule has 1 aliphatic heterocycles. The zero-order valence-electron chi connectivity index (χ0n) is 11.1. The molecule has 2 heteroatoms. The third-order valence-electron chi connectivity index (χ3n) is 3.69. The second kappa shape index (κ2) is 5.54. The summed E-state index contributed by atoms with van der Waals surface area (Å²) in [5.74, 6) is 0. The number of hydrogen-bond acceptors (Lipinski definition) is 2. The van der Waals surface area contributed by atoms with Crippen molar-refractivity contribution >= 4 is 5.69 Å². The van der Waals surface area contributed by atoms with Crippen LogP contribution in [0, 0.1) is 0 Å². The van der Waals surface area contributed by atoms with E-state index in [-0.39, 0.29) is 6.04 Å². The third kappa shape index (κ3) is 2.63. The molecule has 0 saturated carbocycles. The molecular formula is C15H24N2. The lowest BCUT2D eigenvalue weighted by molar-refractivity contribution is 0.670. The molecule has 1 aromatic carbocycles. The summed E-state index contributed by atoms with van der Waals surface area (Å²) < 4.78 is 0. The molecule has 0 bridgehead atoms. The van der Waals surface area contributed by atoms with Gasteiger partial charge in [-0.2, -0.15) is 0 Å². The number of fused-ring (bicyclic) bond motifs is 1. The number of benzene rings is 1. The number of rotatable bonds is 4. The van der Waals surface area contributed by atoms with E-state index in [2.05, 4.69) is 36.9 Å². The summed E-state index contributed by atoms with van der Waals surface area (Å²) in [6.07, 6.45) is 4.72. The van der Waals surface area contributed by atoms with E-state index in [1.165, 1.54) is 42.6 Å². The highest BCUT2D eigenvalue weighted by molar-refractivity contribution is 5.57. The first-order chi connectivity index (χ1) is 8.26. The molecular weight excluding hydrogens is 208 g/mol. The minimum atomic E-state index is 0.186. The highest BCUT2D eigenvalue weighted by Crippen LogP contribution is 2.30. The quantitative estimate of drug-likeness (QED) is 0.863. The van der Waals surface area contributed by atoms with Crippen molar-refractivity contribution in [1.29, 1.82) is 0 Å². The van der Waals surface area contributed by atoms with E-state index in [1.54, 1.807) is 0 Å². The van der Waals surface area contributed by atoms with Crippen molar-refractivity contribution in [3.05, 3.63) is 29.3 Å². The van der Waals surface area contributed by atoms with Gasteiger partial charge in [0.05, 0.1) is 0 Å². The monoisotopic (exact) mass is 232 g/mol. The van der Waals surface area contributed by atoms with Crippen LogP contribution < -0.4 is 10.6 Å². The second-order valence-electron chi connectivity index (χ2n) is 4.99. The van der Waals surface area contributed by atoms with Gasteiger partial charge in [0.2, 0.25) is 0 Å². The summed E-state index contributed by atoms with van der Waals surface area (Å²) >= 11 is 0. The van der Waals surface area contributed by atoms with Gasteiger partial charge in [0.15, 0.2) is 0 Å². The van der Waals surface area contributed by atoms with E-state index >= 15 is 0 Å². The molecule has 2 rings (SSSR count). The molecule has 0 saturated heterocycles. The SMILES string of the molecule is CCCN1CCCc2ccc(C(N)CC)cc21. The van der Waals surface area contributed by atoms with Gasteiger partial charge >= 0.3 is 0 Å². The van der Waals surface area contributed by atoms with E-state index in [9.17, 15) is 0 Å². The summed E-state index contributed by atoms with van der Waals surface area (Å²) in [5, 5.41) is 0. The summed E-state index contributed by atoms with van der Waals surface area (Å²) in [6, 6.07) is 6.99. The topological polar surface area (TPSA) is 29.3 Å². The van der Waals surface area contributed by atoms with E-state index in [4.69, 9.17) is 5.73 Å². The van der Waals surface area contributed by atoms with E-state index in [0.717, 1.165) is 13.0 Å². The first-order valence-electron chi connectivity index (χ1n) is 6.89. The van der Waals surface area contributed by atoms with Gasteiger partial charge in [-0.1, -0.05) is 26.0 Å². The van der Waals surface area contributed by atoms with Gasteiger partial charge in [-0.05, 0) is 42.9 Å². The Morgan fingerprint density at radius 3 is 2.88 bits per heavy atom. The molecule has 94 valence electrons. The van der Waals surface area contributed by atoms with Crippen molar-refractivity contribution in [3.63, 3.8) is 0 Å². The van der Waals surface area contributed by atoms with Crippen molar-refractivity contribution < 1.29 is 0 Å². The average Bonchev–Trinajstić information content (AvgIpc) is 2.38. The van der Waals surface area contributed by atoms with Crippen molar-refractivity contribution in [3.8, 4) is 0 Å². The van der Waals surface area contributed by atoms with Crippen LogP contribution in [0.25, 0.3) is 0 Å². The van der Waals surface area contributed by atoms with E-state index in [0.29, 0.717) is 0 Å². The lowest BCUT2D eigenvalue weighted by atomic mass is 9.96. The predicted octanol–water partition coefficient (Wildman–Crippen LogP) is 3.26. The fourth-order valence-electron chi connectivity index (χ4n) is 2.64. The molecule has 2 N–H and O–H groups in total. The molecule has 1 atom stereocenters. The summed E-state index contributed by atoms with van der Waals surface area (Å²) in [7, 11) is 0. The Labute approximate surface area is 105 Å². The zero-order chi connectivity index (χ0) is 12.3. The average molecular weight is 232 g/mol. The lowest BCUT2D eigenvalue weighted by Crippen LogP contribution is -2.30. The summed E-state index contributed by atoms with van der Waals surface area (Å²) in [6.45, 7) is 6.76. The molecule has 0 radical (unpaired) electrons. The normalized spacial score (nSPS) is 16.8. The Bertz CT molecular complexity index is 373. The molecule has 0 spiro atoms. The standard InChI is InChI=1S/C15H24N2/c1-3-9-17-10-5-6-12-7-8-13(11-15(12)17)14(16)4-2/h7-8,11,14H,3-6,9-10,16H2,1-2H3. The van der Waals surface area contributed by atoms with Crippen molar-refractivity contribution in [2.75, 3.05) is 18.0 Å². The maximum Gasteiger partial charge on any atom is 0.0402 e. The number of anilines is 1. The minimum absolute atomic E-state index is 0.186. The number of nitrogens with two attached hydrogens (primary N) is 1. The van der Waals surface area contributed by atoms with Gasteiger partial charge in [-0.25, -0.2) is 0 Å². The summed E-state index contributed by atoms with van der Waals surface area (Å²) in [4.78, 5) is 2.52. The third-order valence-corrected chi connectivity index (χ3v) is 3.69. The Hall–Kier alpha value is -1.02. The zero-order valence-corrected chi connectivity index (χ0v) is 11.1. The maximum absolute atomic E-state index is 6.13. The van der Waals surface area contributed by atoms with Crippen LogP contribution in [-0.4, -0.2) is 13.1 Å². The highest BCUT2D eigenvalue weighted by Gasteiger charge is 2.17.